The van der Waals surface area contributed by atoms with Crippen molar-refractivity contribution in [3.63, 3.8) is 0 Å². The smallest absolute Gasteiger partial charge is 0.233 e. The van der Waals surface area contributed by atoms with Crippen LogP contribution in [-0.4, -0.2) is 11.8 Å². The molecule has 0 aliphatic rings. The van der Waals surface area contributed by atoms with E-state index < -0.39 is 0 Å². The fourth-order valence-electron chi connectivity index (χ4n) is 2.50. The molecule has 5 heteroatoms. The van der Waals surface area contributed by atoms with Crippen LogP contribution in [0.2, 0.25) is 0 Å². The zero-order chi connectivity index (χ0) is 17.5. The summed E-state index contributed by atoms with van der Waals surface area (Å²) in [4.78, 5) is 24.3. The van der Waals surface area contributed by atoms with Crippen molar-refractivity contribution in [2.75, 3.05) is 10.6 Å². The third kappa shape index (κ3) is 4.93. The second-order valence-electron chi connectivity index (χ2n) is 5.44. The van der Waals surface area contributed by atoms with E-state index in [1.54, 1.807) is 12.1 Å². The number of para-hydroxylation sites is 1. The molecule has 0 bridgehead atoms. The predicted molar refractivity (Wildman–Crippen MR) is 101 cm³/mol. The highest BCUT2D eigenvalue weighted by atomic mass is 79.9. The quantitative estimate of drug-likeness (QED) is 0.713. The molecule has 4 nitrogen and oxygen atoms in total. The van der Waals surface area contributed by atoms with Gasteiger partial charge in [-0.1, -0.05) is 54.0 Å². The van der Waals surface area contributed by atoms with E-state index in [2.05, 4.69) is 26.6 Å². The Labute approximate surface area is 150 Å². The number of nitrogens with one attached hydrogen (secondary N) is 2. The first-order chi connectivity index (χ1) is 11.5. The van der Waals surface area contributed by atoms with E-state index in [4.69, 9.17) is 0 Å². The fourth-order valence-corrected chi connectivity index (χ4v) is 2.90. The Morgan fingerprint density at radius 1 is 0.917 bits per heavy atom. The van der Waals surface area contributed by atoms with Gasteiger partial charge in [-0.25, -0.2) is 0 Å². The monoisotopic (exact) mass is 388 g/mol. The van der Waals surface area contributed by atoms with Crippen LogP contribution in [0.5, 0.6) is 0 Å². The van der Waals surface area contributed by atoms with Crippen molar-refractivity contribution in [3.8, 4) is 0 Å². The van der Waals surface area contributed by atoms with Crippen LogP contribution in [-0.2, 0) is 22.4 Å². The van der Waals surface area contributed by atoms with E-state index in [0.717, 1.165) is 34.1 Å². The number of hydrogen-bond donors (Lipinski definition) is 2. The van der Waals surface area contributed by atoms with Crippen molar-refractivity contribution >= 4 is 39.1 Å². The van der Waals surface area contributed by atoms with Crippen LogP contribution in [0.4, 0.5) is 11.4 Å². The van der Waals surface area contributed by atoms with Gasteiger partial charge in [-0.2, -0.15) is 0 Å². The lowest BCUT2D eigenvalue weighted by atomic mass is 10.0. The Hall–Kier alpha value is -2.14. The average molecular weight is 389 g/mol. The largest absolute Gasteiger partial charge is 0.326 e. The fraction of sp³-hybridized carbons (Fsp3) is 0.263. The maximum atomic E-state index is 12.2. The van der Waals surface area contributed by atoms with Gasteiger partial charge in [0.1, 0.15) is 6.42 Å². The highest BCUT2D eigenvalue weighted by molar-refractivity contribution is 9.10. The molecule has 0 aliphatic carbocycles. The average Bonchev–Trinajstić information content (AvgIpc) is 2.54. The Balaban J connectivity index is 2.02. The van der Waals surface area contributed by atoms with Gasteiger partial charge >= 0.3 is 0 Å². The number of carbonyl (C=O) groups is 2. The lowest BCUT2D eigenvalue weighted by molar-refractivity contribution is -0.123. The molecular weight excluding hydrogens is 368 g/mol. The third-order valence-electron chi connectivity index (χ3n) is 3.69. The number of carbonyl (C=O) groups excluding carboxylic acids is 2. The number of halogens is 1. The Morgan fingerprint density at radius 2 is 1.50 bits per heavy atom. The van der Waals surface area contributed by atoms with Gasteiger partial charge in [-0.05, 0) is 42.2 Å². The summed E-state index contributed by atoms with van der Waals surface area (Å²) in [5.74, 6) is -0.643. The minimum atomic E-state index is -0.336. The molecule has 2 aromatic carbocycles. The van der Waals surface area contributed by atoms with Gasteiger partial charge in [-0.3, -0.25) is 9.59 Å². The summed E-state index contributed by atoms with van der Waals surface area (Å²) in [5, 5.41) is 5.63. The Bertz CT molecular complexity index is 722. The van der Waals surface area contributed by atoms with Gasteiger partial charge in [0.25, 0.3) is 0 Å². The van der Waals surface area contributed by atoms with Gasteiger partial charge < -0.3 is 10.6 Å². The first kappa shape index (κ1) is 18.2. The Morgan fingerprint density at radius 3 is 2.08 bits per heavy atom. The number of anilines is 2. The minimum absolute atomic E-state index is 0.215. The zero-order valence-corrected chi connectivity index (χ0v) is 15.4. The van der Waals surface area contributed by atoms with E-state index in [9.17, 15) is 9.59 Å². The van der Waals surface area contributed by atoms with Crippen LogP contribution in [0.15, 0.2) is 46.9 Å². The van der Waals surface area contributed by atoms with Gasteiger partial charge in [0, 0.05) is 15.8 Å². The molecule has 2 N–H and O–H groups in total. The SMILES string of the molecule is CCc1cccc(CC)c1NC(=O)CC(=O)Nc1cccc(Br)c1. The van der Waals surface area contributed by atoms with E-state index >= 15 is 0 Å². The number of hydrogen-bond acceptors (Lipinski definition) is 2. The lowest BCUT2D eigenvalue weighted by Crippen LogP contribution is -2.22. The summed E-state index contributed by atoms with van der Waals surface area (Å²) < 4.78 is 0.870. The standard InChI is InChI=1S/C19H21BrN2O2/c1-3-13-7-5-8-14(4-2)19(13)22-18(24)12-17(23)21-16-10-6-9-15(20)11-16/h5-11H,3-4,12H2,1-2H3,(H,21,23)(H,22,24). The first-order valence-corrected chi connectivity index (χ1v) is 8.78. The molecule has 0 fully saturated rings. The molecule has 0 saturated carbocycles. The summed E-state index contributed by atoms with van der Waals surface area (Å²) in [6.45, 7) is 4.09. The molecule has 0 spiro atoms. The van der Waals surface area contributed by atoms with Crippen LogP contribution in [0.25, 0.3) is 0 Å². The second-order valence-corrected chi connectivity index (χ2v) is 6.36. The summed E-state index contributed by atoms with van der Waals surface area (Å²) >= 11 is 3.35. The van der Waals surface area contributed by atoms with Crippen LogP contribution in [0.3, 0.4) is 0 Å². The van der Waals surface area contributed by atoms with Gasteiger partial charge in [0.05, 0.1) is 0 Å². The lowest BCUT2D eigenvalue weighted by Gasteiger charge is -2.14. The third-order valence-corrected chi connectivity index (χ3v) is 4.19. The highest BCUT2D eigenvalue weighted by Gasteiger charge is 2.13. The van der Waals surface area contributed by atoms with Crippen molar-refractivity contribution < 1.29 is 9.59 Å². The van der Waals surface area contributed by atoms with Crippen LogP contribution >= 0.6 is 15.9 Å². The van der Waals surface area contributed by atoms with E-state index in [1.807, 2.05) is 44.2 Å². The summed E-state index contributed by atoms with van der Waals surface area (Å²) in [7, 11) is 0. The Kier molecular flexibility index (Phi) is 6.55. The van der Waals surface area contributed by atoms with Crippen LogP contribution < -0.4 is 10.6 Å². The molecule has 24 heavy (non-hydrogen) atoms. The summed E-state index contributed by atoms with van der Waals surface area (Å²) in [6, 6.07) is 13.3. The molecule has 2 amide bonds. The van der Waals surface area contributed by atoms with Crippen molar-refractivity contribution in [1.29, 1.82) is 0 Å². The molecule has 0 aliphatic heterocycles. The molecule has 2 rings (SSSR count). The molecule has 2 aromatic rings. The molecule has 0 saturated heterocycles. The van der Waals surface area contributed by atoms with E-state index in [0.29, 0.717) is 5.69 Å². The van der Waals surface area contributed by atoms with E-state index in [-0.39, 0.29) is 18.2 Å². The van der Waals surface area contributed by atoms with Gasteiger partial charge in [-0.15, -0.1) is 0 Å². The van der Waals surface area contributed by atoms with Crippen LogP contribution in [0, 0.1) is 0 Å². The molecule has 0 aromatic heterocycles. The van der Waals surface area contributed by atoms with Gasteiger partial charge in [0.2, 0.25) is 11.8 Å². The zero-order valence-electron chi connectivity index (χ0n) is 13.9. The minimum Gasteiger partial charge on any atom is -0.326 e. The van der Waals surface area contributed by atoms with Crippen molar-refractivity contribution in [2.45, 2.75) is 33.1 Å². The van der Waals surface area contributed by atoms with Crippen molar-refractivity contribution in [2.24, 2.45) is 0 Å². The molecule has 0 radical (unpaired) electrons. The molecular formula is C19H21BrN2O2. The highest BCUT2D eigenvalue weighted by Crippen LogP contribution is 2.23. The second kappa shape index (κ2) is 8.64. The van der Waals surface area contributed by atoms with Crippen LogP contribution in [0.1, 0.15) is 31.4 Å². The van der Waals surface area contributed by atoms with E-state index in [1.165, 1.54) is 0 Å². The normalized spacial score (nSPS) is 10.3. The predicted octanol–water partition coefficient (Wildman–Crippen LogP) is 4.54. The first-order valence-electron chi connectivity index (χ1n) is 7.99. The number of rotatable bonds is 6. The van der Waals surface area contributed by atoms with Gasteiger partial charge in [0.15, 0.2) is 0 Å². The molecule has 0 heterocycles. The maximum Gasteiger partial charge on any atom is 0.233 e. The topological polar surface area (TPSA) is 58.2 Å². The molecule has 126 valence electrons. The number of aryl methyl sites for hydroxylation is 2. The maximum absolute atomic E-state index is 12.2. The number of benzene rings is 2. The summed E-state index contributed by atoms with van der Waals surface area (Å²) in [5.41, 5.74) is 3.65. The molecule has 0 unspecified atom stereocenters. The number of amides is 2. The summed E-state index contributed by atoms with van der Waals surface area (Å²) in [6.07, 6.45) is 1.44. The van der Waals surface area contributed by atoms with Crippen molar-refractivity contribution in [1.82, 2.24) is 0 Å². The molecule has 0 atom stereocenters. The van der Waals surface area contributed by atoms with Crippen molar-refractivity contribution in [3.05, 3.63) is 58.1 Å².